The molecule has 18 heavy (non-hydrogen) atoms. The summed E-state index contributed by atoms with van der Waals surface area (Å²) < 4.78 is 0. The Morgan fingerprint density at radius 1 is 0.944 bits per heavy atom. The van der Waals surface area contributed by atoms with Crippen LogP contribution in [0.1, 0.15) is 18.1 Å². The van der Waals surface area contributed by atoms with Crippen LogP contribution in [-0.2, 0) is 10.2 Å². The number of phenolic OH excluding ortho intramolecular Hbond substituents is 1. The molecule has 1 atom stereocenters. The minimum absolute atomic E-state index is 0.125. The van der Waals surface area contributed by atoms with Crippen LogP contribution in [0.15, 0.2) is 54.6 Å². The van der Waals surface area contributed by atoms with Crippen molar-refractivity contribution in [3.63, 3.8) is 0 Å². The summed E-state index contributed by atoms with van der Waals surface area (Å²) in [5.74, 6) is -0.793. The number of phenols is 1. The quantitative estimate of drug-likeness (QED) is 0.870. The van der Waals surface area contributed by atoms with Crippen LogP contribution in [0.5, 0.6) is 5.75 Å². The van der Waals surface area contributed by atoms with Crippen LogP contribution in [0.2, 0.25) is 0 Å². The highest BCUT2D eigenvalue weighted by atomic mass is 16.4. The van der Waals surface area contributed by atoms with Crippen molar-refractivity contribution in [1.29, 1.82) is 0 Å². The fourth-order valence-electron chi connectivity index (χ4n) is 1.98. The normalized spacial score (nSPS) is 13.8. The smallest absolute Gasteiger partial charge is 0.318 e. The summed E-state index contributed by atoms with van der Waals surface area (Å²) in [6, 6.07) is 15.3. The van der Waals surface area contributed by atoms with E-state index in [1.165, 1.54) is 12.1 Å². The number of carbonyl (C=O) groups is 1. The maximum atomic E-state index is 11.6. The predicted molar refractivity (Wildman–Crippen MR) is 68.6 cm³/mol. The first kappa shape index (κ1) is 12.2. The topological polar surface area (TPSA) is 57.5 Å². The van der Waals surface area contributed by atoms with E-state index >= 15 is 0 Å². The average molecular weight is 242 g/mol. The van der Waals surface area contributed by atoms with E-state index in [1.807, 2.05) is 18.2 Å². The summed E-state index contributed by atoms with van der Waals surface area (Å²) >= 11 is 0. The molecule has 0 radical (unpaired) electrons. The molecule has 0 bridgehead atoms. The van der Waals surface area contributed by atoms with E-state index in [0.717, 1.165) is 0 Å². The van der Waals surface area contributed by atoms with Gasteiger partial charge in [-0.2, -0.15) is 0 Å². The van der Waals surface area contributed by atoms with Crippen molar-refractivity contribution < 1.29 is 15.0 Å². The van der Waals surface area contributed by atoms with Gasteiger partial charge in [0.1, 0.15) is 11.2 Å². The van der Waals surface area contributed by atoms with Gasteiger partial charge >= 0.3 is 5.97 Å². The molecule has 0 aromatic heterocycles. The molecule has 3 nitrogen and oxygen atoms in total. The predicted octanol–water partition coefficient (Wildman–Crippen LogP) is 2.78. The lowest BCUT2D eigenvalue weighted by atomic mass is 9.76. The maximum absolute atomic E-state index is 11.6. The number of aliphatic carboxylic acids is 1. The second-order valence-corrected chi connectivity index (χ2v) is 4.34. The van der Waals surface area contributed by atoms with Crippen molar-refractivity contribution >= 4 is 5.97 Å². The van der Waals surface area contributed by atoms with E-state index in [9.17, 15) is 15.0 Å². The summed E-state index contributed by atoms with van der Waals surface area (Å²) in [5.41, 5.74) is 0.233. The van der Waals surface area contributed by atoms with Gasteiger partial charge in [-0.3, -0.25) is 4.79 Å². The van der Waals surface area contributed by atoms with E-state index in [2.05, 4.69) is 0 Å². The summed E-state index contributed by atoms with van der Waals surface area (Å²) in [6.07, 6.45) is 0. The summed E-state index contributed by atoms with van der Waals surface area (Å²) in [5, 5.41) is 18.8. The standard InChI is InChI=1S/C15H14O3/c1-15(14(17)18,11-5-3-2-4-6-11)12-7-9-13(16)10-8-12/h2-10,16H,1H3,(H,17,18). The largest absolute Gasteiger partial charge is 0.508 e. The molecular weight excluding hydrogens is 228 g/mol. The summed E-state index contributed by atoms with van der Waals surface area (Å²) in [7, 11) is 0. The third kappa shape index (κ3) is 1.95. The van der Waals surface area contributed by atoms with Gasteiger partial charge in [0.15, 0.2) is 0 Å². The maximum Gasteiger partial charge on any atom is 0.318 e. The molecule has 2 aromatic rings. The highest BCUT2D eigenvalue weighted by Crippen LogP contribution is 2.33. The minimum atomic E-state index is -1.12. The molecule has 0 aliphatic rings. The Balaban J connectivity index is 2.58. The number of hydrogen-bond donors (Lipinski definition) is 2. The van der Waals surface area contributed by atoms with Crippen LogP contribution >= 0.6 is 0 Å². The van der Waals surface area contributed by atoms with E-state index in [1.54, 1.807) is 31.2 Å². The lowest BCUT2D eigenvalue weighted by Crippen LogP contribution is -2.33. The van der Waals surface area contributed by atoms with Gasteiger partial charge in [-0.05, 0) is 30.2 Å². The highest BCUT2D eigenvalue weighted by Gasteiger charge is 2.36. The molecule has 2 N–H and O–H groups in total. The second-order valence-electron chi connectivity index (χ2n) is 4.34. The molecule has 0 saturated heterocycles. The average Bonchev–Trinajstić information content (AvgIpc) is 2.39. The van der Waals surface area contributed by atoms with Crippen molar-refractivity contribution in [3.8, 4) is 5.75 Å². The third-order valence-electron chi connectivity index (χ3n) is 3.22. The van der Waals surface area contributed by atoms with Crippen LogP contribution in [0.4, 0.5) is 0 Å². The number of aromatic hydroxyl groups is 1. The van der Waals surface area contributed by atoms with Crippen molar-refractivity contribution in [3.05, 3.63) is 65.7 Å². The second kappa shape index (κ2) is 4.53. The number of carboxylic acids is 1. The van der Waals surface area contributed by atoms with Gasteiger partial charge in [0.05, 0.1) is 0 Å². The van der Waals surface area contributed by atoms with Crippen LogP contribution < -0.4 is 0 Å². The van der Waals surface area contributed by atoms with Gasteiger partial charge in [0, 0.05) is 0 Å². The molecule has 3 heteroatoms. The molecule has 0 spiro atoms. The Labute approximate surface area is 105 Å². The Hall–Kier alpha value is -2.29. The van der Waals surface area contributed by atoms with Gasteiger partial charge in [-0.1, -0.05) is 42.5 Å². The monoisotopic (exact) mass is 242 g/mol. The van der Waals surface area contributed by atoms with Crippen LogP contribution in [0.3, 0.4) is 0 Å². The first-order valence-electron chi connectivity index (χ1n) is 5.63. The molecule has 2 aromatic carbocycles. The number of benzene rings is 2. The molecule has 0 saturated carbocycles. The molecule has 2 rings (SSSR count). The van der Waals surface area contributed by atoms with E-state index in [4.69, 9.17) is 0 Å². The Morgan fingerprint density at radius 2 is 1.44 bits per heavy atom. The SMILES string of the molecule is CC(C(=O)O)(c1ccccc1)c1ccc(O)cc1. The Bertz CT molecular complexity index is 546. The third-order valence-corrected chi connectivity index (χ3v) is 3.22. The fraction of sp³-hybridized carbons (Fsp3) is 0.133. The van der Waals surface area contributed by atoms with Crippen molar-refractivity contribution in [2.45, 2.75) is 12.3 Å². The molecule has 0 fully saturated rings. The van der Waals surface area contributed by atoms with Crippen molar-refractivity contribution in [2.75, 3.05) is 0 Å². The highest BCUT2D eigenvalue weighted by molar-refractivity contribution is 5.85. The molecule has 0 aliphatic heterocycles. The van der Waals surface area contributed by atoms with E-state index in [-0.39, 0.29) is 5.75 Å². The lowest BCUT2D eigenvalue weighted by Gasteiger charge is -2.26. The molecule has 0 amide bonds. The lowest BCUT2D eigenvalue weighted by molar-refractivity contribution is -0.141. The molecule has 0 heterocycles. The van der Waals surface area contributed by atoms with E-state index in [0.29, 0.717) is 11.1 Å². The minimum Gasteiger partial charge on any atom is -0.508 e. The number of rotatable bonds is 3. The van der Waals surface area contributed by atoms with Gasteiger partial charge in [0.25, 0.3) is 0 Å². The first-order chi connectivity index (χ1) is 8.55. The Morgan fingerprint density at radius 3 is 1.94 bits per heavy atom. The zero-order chi connectivity index (χ0) is 13.2. The molecule has 0 aliphatic carbocycles. The molecular formula is C15H14O3. The molecule has 1 unspecified atom stereocenters. The summed E-state index contributed by atoms with van der Waals surface area (Å²) in [4.78, 5) is 11.6. The number of hydrogen-bond acceptors (Lipinski definition) is 2. The van der Waals surface area contributed by atoms with Crippen molar-refractivity contribution in [2.24, 2.45) is 0 Å². The van der Waals surface area contributed by atoms with Crippen LogP contribution in [0, 0.1) is 0 Å². The van der Waals surface area contributed by atoms with Gasteiger partial charge in [-0.15, -0.1) is 0 Å². The van der Waals surface area contributed by atoms with Crippen molar-refractivity contribution in [1.82, 2.24) is 0 Å². The summed E-state index contributed by atoms with van der Waals surface area (Å²) in [6.45, 7) is 1.66. The van der Waals surface area contributed by atoms with E-state index < -0.39 is 11.4 Å². The Kier molecular flexibility index (Phi) is 3.06. The molecule has 92 valence electrons. The van der Waals surface area contributed by atoms with Gasteiger partial charge < -0.3 is 10.2 Å². The zero-order valence-electron chi connectivity index (χ0n) is 10.00. The zero-order valence-corrected chi connectivity index (χ0v) is 10.00. The van der Waals surface area contributed by atoms with Gasteiger partial charge in [0.2, 0.25) is 0 Å². The first-order valence-corrected chi connectivity index (χ1v) is 5.63. The van der Waals surface area contributed by atoms with Crippen LogP contribution in [-0.4, -0.2) is 16.2 Å². The van der Waals surface area contributed by atoms with Gasteiger partial charge in [-0.25, -0.2) is 0 Å². The van der Waals surface area contributed by atoms with Crippen LogP contribution in [0.25, 0.3) is 0 Å². The number of carboxylic acid groups (broad SMARTS) is 1. The fourth-order valence-corrected chi connectivity index (χ4v) is 1.98.